The van der Waals surface area contributed by atoms with Gasteiger partial charge in [0, 0.05) is 11.0 Å². The zero-order valence-electron chi connectivity index (χ0n) is 9.90. The van der Waals surface area contributed by atoms with E-state index in [9.17, 15) is 4.39 Å². The van der Waals surface area contributed by atoms with Gasteiger partial charge in [0.05, 0.1) is 24.8 Å². The molecule has 1 unspecified atom stereocenters. The normalized spacial score (nSPS) is 19.6. The van der Waals surface area contributed by atoms with Gasteiger partial charge in [-0.2, -0.15) is 4.98 Å². The number of hydrogen-bond donors (Lipinski definition) is 1. The predicted molar refractivity (Wildman–Crippen MR) is 69.0 cm³/mol. The molecule has 1 fully saturated rings. The van der Waals surface area contributed by atoms with Gasteiger partial charge in [0.15, 0.2) is 5.82 Å². The summed E-state index contributed by atoms with van der Waals surface area (Å²) in [5.41, 5.74) is 0.537. The van der Waals surface area contributed by atoms with Crippen LogP contribution in [0.5, 0.6) is 0 Å². The van der Waals surface area contributed by atoms with Gasteiger partial charge < -0.3 is 14.6 Å². The molecule has 0 radical (unpaired) electrons. The Balaban J connectivity index is 1.89. The lowest BCUT2D eigenvalue weighted by atomic mass is 10.2. The van der Waals surface area contributed by atoms with E-state index in [1.807, 2.05) is 0 Å². The third kappa shape index (κ3) is 2.68. The van der Waals surface area contributed by atoms with E-state index < -0.39 is 0 Å². The van der Waals surface area contributed by atoms with Crippen molar-refractivity contribution >= 4 is 15.9 Å². The smallest absolute Gasteiger partial charge is 0.259 e. The van der Waals surface area contributed by atoms with Crippen LogP contribution in [0.25, 0.3) is 11.5 Å². The van der Waals surface area contributed by atoms with Gasteiger partial charge in [-0.1, -0.05) is 5.16 Å². The topological polar surface area (TPSA) is 60.2 Å². The molecule has 1 aromatic carbocycles. The van der Waals surface area contributed by atoms with Crippen LogP contribution < -0.4 is 5.32 Å². The van der Waals surface area contributed by atoms with Crippen molar-refractivity contribution in [3.63, 3.8) is 0 Å². The van der Waals surface area contributed by atoms with Gasteiger partial charge in [-0.15, -0.1) is 0 Å². The molecule has 1 N–H and O–H groups in total. The van der Waals surface area contributed by atoms with Crippen LogP contribution in [0.3, 0.4) is 0 Å². The fourth-order valence-electron chi connectivity index (χ4n) is 1.88. The first kappa shape index (κ1) is 12.7. The second-order valence-corrected chi connectivity index (χ2v) is 5.02. The van der Waals surface area contributed by atoms with Crippen LogP contribution >= 0.6 is 15.9 Å². The maximum absolute atomic E-state index is 13.3. The summed E-state index contributed by atoms with van der Waals surface area (Å²) >= 11 is 3.34. The van der Waals surface area contributed by atoms with Crippen molar-refractivity contribution < 1.29 is 13.7 Å². The predicted octanol–water partition coefficient (Wildman–Crippen LogP) is 2.30. The van der Waals surface area contributed by atoms with Gasteiger partial charge in [0.1, 0.15) is 5.82 Å². The monoisotopic (exact) mass is 327 g/mol. The molecule has 0 aliphatic carbocycles. The average molecular weight is 328 g/mol. The van der Waals surface area contributed by atoms with Gasteiger partial charge in [-0.05, 0) is 34.1 Å². The summed E-state index contributed by atoms with van der Waals surface area (Å²) in [6, 6.07) is 4.24. The fourth-order valence-corrected chi connectivity index (χ4v) is 2.29. The number of nitrogens with zero attached hydrogens (tertiary/aromatic N) is 2. The molecule has 1 aliphatic heterocycles. The molecule has 2 aromatic rings. The number of halogens is 2. The van der Waals surface area contributed by atoms with Gasteiger partial charge in [-0.25, -0.2) is 4.39 Å². The molecule has 7 heteroatoms. The first-order valence-corrected chi connectivity index (χ1v) is 6.63. The van der Waals surface area contributed by atoms with Gasteiger partial charge in [-0.3, -0.25) is 0 Å². The summed E-state index contributed by atoms with van der Waals surface area (Å²) in [5, 5.41) is 7.15. The highest BCUT2D eigenvalue weighted by Crippen LogP contribution is 2.28. The second-order valence-electron chi connectivity index (χ2n) is 4.16. The molecular weight excluding hydrogens is 317 g/mol. The standard InChI is InChI=1S/C12H11BrFN3O2/c13-9-2-1-7(14)5-8(9)12-16-11(17-19-12)10-6-18-4-3-15-10/h1-2,5,10,15H,3-4,6H2. The summed E-state index contributed by atoms with van der Waals surface area (Å²) in [7, 11) is 0. The lowest BCUT2D eigenvalue weighted by Gasteiger charge is -2.20. The Kier molecular flexibility index (Phi) is 3.58. The molecule has 1 aliphatic rings. The average Bonchev–Trinajstić information content (AvgIpc) is 2.92. The largest absolute Gasteiger partial charge is 0.378 e. The van der Waals surface area contributed by atoms with Crippen LogP contribution in [0, 0.1) is 5.82 Å². The molecule has 1 atom stereocenters. The van der Waals surface area contributed by atoms with E-state index in [4.69, 9.17) is 9.26 Å². The molecule has 2 heterocycles. The van der Waals surface area contributed by atoms with Crippen molar-refractivity contribution in [1.82, 2.24) is 15.5 Å². The molecule has 0 bridgehead atoms. The van der Waals surface area contributed by atoms with Crippen molar-refractivity contribution in [2.24, 2.45) is 0 Å². The Morgan fingerprint density at radius 2 is 2.32 bits per heavy atom. The van der Waals surface area contributed by atoms with Gasteiger partial charge >= 0.3 is 0 Å². The first-order chi connectivity index (χ1) is 9.24. The molecule has 5 nitrogen and oxygen atoms in total. The lowest BCUT2D eigenvalue weighted by Crippen LogP contribution is -2.35. The zero-order chi connectivity index (χ0) is 13.2. The van der Waals surface area contributed by atoms with E-state index in [-0.39, 0.29) is 17.7 Å². The third-order valence-corrected chi connectivity index (χ3v) is 3.53. The summed E-state index contributed by atoms with van der Waals surface area (Å²) in [6.07, 6.45) is 0. The summed E-state index contributed by atoms with van der Waals surface area (Å²) < 4.78 is 24.5. The van der Waals surface area contributed by atoms with Crippen LogP contribution in [-0.4, -0.2) is 29.9 Å². The maximum atomic E-state index is 13.3. The third-order valence-electron chi connectivity index (χ3n) is 2.83. The number of hydrogen-bond acceptors (Lipinski definition) is 5. The molecule has 0 spiro atoms. The fraction of sp³-hybridized carbons (Fsp3) is 0.333. The first-order valence-electron chi connectivity index (χ1n) is 5.84. The van der Waals surface area contributed by atoms with Crippen LogP contribution in [0.1, 0.15) is 11.9 Å². The van der Waals surface area contributed by atoms with E-state index in [0.29, 0.717) is 29.1 Å². The van der Waals surface area contributed by atoms with Crippen molar-refractivity contribution in [1.29, 1.82) is 0 Å². The Hall–Kier alpha value is -1.31. The minimum Gasteiger partial charge on any atom is -0.378 e. The Morgan fingerprint density at radius 1 is 1.42 bits per heavy atom. The maximum Gasteiger partial charge on any atom is 0.259 e. The minimum absolute atomic E-state index is 0.0846. The number of ether oxygens (including phenoxy) is 1. The highest BCUT2D eigenvalue weighted by atomic mass is 79.9. The van der Waals surface area contributed by atoms with Crippen LogP contribution in [0.15, 0.2) is 27.2 Å². The molecule has 1 saturated heterocycles. The SMILES string of the molecule is Fc1ccc(Br)c(-c2nc(C3COCCN3)no2)c1. The highest BCUT2D eigenvalue weighted by molar-refractivity contribution is 9.10. The summed E-state index contributed by atoms with van der Waals surface area (Å²) in [6.45, 7) is 1.93. The van der Waals surface area contributed by atoms with E-state index in [2.05, 4.69) is 31.4 Å². The van der Waals surface area contributed by atoms with E-state index in [1.54, 1.807) is 6.07 Å². The number of rotatable bonds is 2. The van der Waals surface area contributed by atoms with Crippen molar-refractivity contribution in [3.05, 3.63) is 34.3 Å². The van der Waals surface area contributed by atoms with Gasteiger partial charge in [0.25, 0.3) is 5.89 Å². The van der Waals surface area contributed by atoms with Crippen molar-refractivity contribution in [2.75, 3.05) is 19.8 Å². The Labute approximate surface area is 117 Å². The molecule has 0 amide bonds. The number of aromatic nitrogens is 2. The highest BCUT2D eigenvalue weighted by Gasteiger charge is 2.22. The summed E-state index contributed by atoms with van der Waals surface area (Å²) in [5.74, 6) is 0.455. The number of nitrogens with one attached hydrogen (secondary N) is 1. The molecule has 1 aromatic heterocycles. The molecule has 3 rings (SSSR count). The molecule has 100 valence electrons. The quantitative estimate of drug-likeness (QED) is 0.917. The lowest BCUT2D eigenvalue weighted by molar-refractivity contribution is 0.0734. The van der Waals surface area contributed by atoms with Crippen molar-refractivity contribution in [3.8, 4) is 11.5 Å². The van der Waals surface area contributed by atoms with E-state index in [1.165, 1.54) is 12.1 Å². The Morgan fingerprint density at radius 3 is 3.11 bits per heavy atom. The molecular formula is C12H11BrFN3O2. The van der Waals surface area contributed by atoms with E-state index >= 15 is 0 Å². The van der Waals surface area contributed by atoms with Crippen molar-refractivity contribution in [2.45, 2.75) is 6.04 Å². The Bertz CT molecular complexity index is 584. The minimum atomic E-state index is -0.350. The van der Waals surface area contributed by atoms with Crippen LogP contribution in [-0.2, 0) is 4.74 Å². The van der Waals surface area contributed by atoms with Gasteiger partial charge in [0.2, 0.25) is 0 Å². The van der Waals surface area contributed by atoms with E-state index in [0.717, 1.165) is 6.54 Å². The zero-order valence-corrected chi connectivity index (χ0v) is 11.5. The van der Waals surface area contributed by atoms with Crippen LogP contribution in [0.4, 0.5) is 4.39 Å². The van der Waals surface area contributed by atoms with Crippen LogP contribution in [0.2, 0.25) is 0 Å². The number of morpholine rings is 1. The summed E-state index contributed by atoms with van der Waals surface area (Å²) in [4.78, 5) is 4.29. The second kappa shape index (κ2) is 5.36. The number of benzene rings is 1. The molecule has 0 saturated carbocycles. The molecule has 19 heavy (non-hydrogen) atoms.